The van der Waals surface area contributed by atoms with Crippen molar-refractivity contribution < 1.29 is 28.8 Å². The number of hydrogen-bond donors (Lipinski definition) is 1. The fourth-order valence-electron chi connectivity index (χ4n) is 14.6. The van der Waals surface area contributed by atoms with Crippen LogP contribution in [0.5, 0.6) is 0 Å². The lowest BCUT2D eigenvalue weighted by atomic mass is 9.41. The summed E-state index contributed by atoms with van der Waals surface area (Å²) < 4.78 is 26.4. The summed E-state index contributed by atoms with van der Waals surface area (Å²) in [7, 11) is 4.29. The van der Waals surface area contributed by atoms with E-state index >= 15 is 0 Å². The van der Waals surface area contributed by atoms with Crippen LogP contribution < -0.4 is 0 Å². The van der Waals surface area contributed by atoms with Crippen molar-refractivity contribution in [2.75, 3.05) is 60.0 Å². The topological polar surface area (TPSA) is 83.9 Å². The lowest BCUT2D eigenvalue weighted by molar-refractivity contribution is -0.249. The molecule has 8 rings (SSSR count). The fraction of sp³-hybridized carbons (Fsp3) is 0.976. The number of hydrogen-bond acceptors (Lipinski definition) is 8. The number of carbonyl (C=O) groups is 1. The van der Waals surface area contributed by atoms with E-state index in [1.807, 2.05) is 0 Å². The minimum Gasteiger partial charge on any atom is -0.443 e. The molecule has 0 bridgehead atoms. The van der Waals surface area contributed by atoms with Crippen molar-refractivity contribution in [1.82, 2.24) is 14.7 Å². The maximum absolute atomic E-state index is 13.0. The molecule has 8 aliphatic rings. The second-order valence-electron chi connectivity index (χ2n) is 20.5. The van der Waals surface area contributed by atoms with Gasteiger partial charge in [-0.05, 0) is 123 Å². The molecule has 9 heteroatoms. The van der Waals surface area contributed by atoms with Gasteiger partial charge in [-0.15, -0.1) is 0 Å². The molecular formula is C42H71N3O6. The summed E-state index contributed by atoms with van der Waals surface area (Å²) in [6, 6.07) is 0. The van der Waals surface area contributed by atoms with Crippen LogP contribution in [-0.4, -0.2) is 123 Å². The van der Waals surface area contributed by atoms with E-state index in [2.05, 4.69) is 72.4 Å². The molecule has 1 amide bonds. The van der Waals surface area contributed by atoms with E-state index in [1.165, 1.54) is 38.5 Å². The minimum atomic E-state index is -0.514. The van der Waals surface area contributed by atoms with Crippen molar-refractivity contribution in [3.05, 3.63) is 0 Å². The molecule has 5 saturated carbocycles. The molecule has 0 radical (unpaired) electrons. The number of likely N-dealkylation sites (N-methyl/N-ethyl adjacent to an activating group) is 1. The van der Waals surface area contributed by atoms with Gasteiger partial charge in [-0.2, -0.15) is 0 Å². The Bertz CT molecular complexity index is 1320. The van der Waals surface area contributed by atoms with Gasteiger partial charge in [0, 0.05) is 44.7 Å². The van der Waals surface area contributed by atoms with Crippen molar-refractivity contribution >= 4 is 6.09 Å². The molecule has 9 nitrogen and oxygen atoms in total. The molecule has 3 aliphatic heterocycles. The van der Waals surface area contributed by atoms with E-state index < -0.39 is 6.10 Å². The second kappa shape index (κ2) is 12.8. The molecule has 51 heavy (non-hydrogen) atoms. The highest BCUT2D eigenvalue weighted by Gasteiger charge is 2.84. The van der Waals surface area contributed by atoms with E-state index in [-0.39, 0.29) is 59.0 Å². The maximum atomic E-state index is 13.0. The van der Waals surface area contributed by atoms with Crippen molar-refractivity contribution in [2.45, 2.75) is 143 Å². The molecule has 3 saturated heterocycles. The minimum absolute atomic E-state index is 0.0161. The fourth-order valence-corrected chi connectivity index (χ4v) is 14.6. The van der Waals surface area contributed by atoms with Gasteiger partial charge in [-0.3, -0.25) is 4.90 Å². The third-order valence-corrected chi connectivity index (χ3v) is 17.4. The Morgan fingerprint density at radius 2 is 1.73 bits per heavy atom. The molecule has 8 fully saturated rings. The van der Waals surface area contributed by atoms with Crippen molar-refractivity contribution in [3.8, 4) is 0 Å². The predicted octanol–water partition coefficient (Wildman–Crippen LogP) is 6.27. The van der Waals surface area contributed by atoms with Crippen LogP contribution in [0.25, 0.3) is 0 Å². The van der Waals surface area contributed by atoms with Gasteiger partial charge in [0.25, 0.3) is 0 Å². The van der Waals surface area contributed by atoms with Gasteiger partial charge in [0.15, 0.2) is 6.29 Å². The van der Waals surface area contributed by atoms with Crippen LogP contribution in [0.1, 0.15) is 106 Å². The zero-order valence-electron chi connectivity index (χ0n) is 33.5. The number of fused-ring (bicyclic) bond motifs is 4. The molecule has 5 aliphatic carbocycles. The number of rotatable bonds is 8. The first kappa shape index (κ1) is 37.0. The molecule has 290 valence electrons. The first-order valence-electron chi connectivity index (χ1n) is 21.0. The predicted molar refractivity (Wildman–Crippen MR) is 197 cm³/mol. The quantitative estimate of drug-likeness (QED) is 0.315. The Kier molecular flexibility index (Phi) is 9.28. The molecule has 0 aromatic heterocycles. The molecule has 1 N–H and O–H groups in total. The number of nitrogens with zero attached hydrogens (tertiary/aromatic N) is 3. The van der Waals surface area contributed by atoms with E-state index in [9.17, 15) is 9.90 Å². The Labute approximate surface area is 308 Å². The highest BCUT2D eigenvalue weighted by molar-refractivity contribution is 5.68. The average molecular weight is 714 g/mol. The monoisotopic (exact) mass is 714 g/mol. The van der Waals surface area contributed by atoms with Gasteiger partial charge in [0.2, 0.25) is 0 Å². The van der Waals surface area contributed by atoms with Crippen LogP contribution in [0.2, 0.25) is 0 Å². The normalized spacial score (nSPS) is 49.3. The third kappa shape index (κ3) is 5.38. The summed E-state index contributed by atoms with van der Waals surface area (Å²) in [5.41, 5.74) is 0.549. The number of aliphatic hydroxyl groups is 1. The summed E-state index contributed by atoms with van der Waals surface area (Å²) >= 11 is 0. The van der Waals surface area contributed by atoms with Gasteiger partial charge in [0.1, 0.15) is 6.10 Å². The number of likely N-dealkylation sites (tertiary alicyclic amines) is 1. The summed E-state index contributed by atoms with van der Waals surface area (Å²) in [5, 5.41) is 12.7. The van der Waals surface area contributed by atoms with Crippen LogP contribution >= 0.6 is 0 Å². The Morgan fingerprint density at radius 3 is 2.41 bits per heavy atom. The van der Waals surface area contributed by atoms with Gasteiger partial charge >= 0.3 is 6.09 Å². The van der Waals surface area contributed by atoms with Gasteiger partial charge in [0.05, 0.1) is 31.0 Å². The van der Waals surface area contributed by atoms with Crippen molar-refractivity contribution in [1.29, 1.82) is 0 Å². The first-order chi connectivity index (χ1) is 24.1. The van der Waals surface area contributed by atoms with E-state index in [0.717, 1.165) is 65.1 Å². The standard InChI is InChI=1S/C42H71N3O6/c1-26(2)34(51-37(47)45-17-10-18-45)28-23-27(3)33-35(49-28)36(46)40(7)30-12-11-29-38(4,5)31(50-32-24-44(21-22-48-32)20-19-43(8)9)13-14-41(29)25-42(30,41)16-15-39(33,40)6/h26-36,46H,10-25H2,1-9H3/t27-,28-,29+,30+,31?,32+,33+,34-,35+,36+,39-,40-,41-,42+/m1/s1. The Balaban J connectivity index is 0.993. The van der Waals surface area contributed by atoms with E-state index in [0.29, 0.717) is 34.5 Å². The van der Waals surface area contributed by atoms with Crippen molar-refractivity contribution in [2.24, 2.45) is 56.7 Å². The van der Waals surface area contributed by atoms with Gasteiger partial charge in [-0.25, -0.2) is 4.79 Å². The average Bonchev–Trinajstić information content (AvgIpc) is 3.68. The Morgan fingerprint density at radius 1 is 1.00 bits per heavy atom. The van der Waals surface area contributed by atoms with E-state index in [4.69, 9.17) is 18.9 Å². The van der Waals surface area contributed by atoms with Crippen LogP contribution in [0.4, 0.5) is 4.79 Å². The van der Waals surface area contributed by atoms with Crippen molar-refractivity contribution in [3.63, 3.8) is 0 Å². The summed E-state index contributed by atoms with van der Waals surface area (Å²) in [6.45, 7) is 23.0. The summed E-state index contributed by atoms with van der Waals surface area (Å²) in [5.74, 6) is 1.99. The number of amides is 1. The summed E-state index contributed by atoms with van der Waals surface area (Å²) in [4.78, 5) is 19.5. The highest BCUT2D eigenvalue weighted by atomic mass is 16.7. The third-order valence-electron chi connectivity index (χ3n) is 17.4. The van der Waals surface area contributed by atoms with Crippen LogP contribution in [0.3, 0.4) is 0 Å². The highest BCUT2D eigenvalue weighted by Crippen LogP contribution is 2.89. The molecule has 2 spiro atoms. The molecule has 0 aromatic rings. The summed E-state index contributed by atoms with van der Waals surface area (Å²) in [6.07, 6.45) is 9.09. The smallest absolute Gasteiger partial charge is 0.410 e. The number of ether oxygens (including phenoxy) is 4. The number of aliphatic hydroxyl groups excluding tert-OH is 1. The zero-order chi connectivity index (χ0) is 36.3. The van der Waals surface area contributed by atoms with Gasteiger partial charge < -0.3 is 33.9 Å². The number of morpholine rings is 1. The molecule has 3 heterocycles. The lowest BCUT2D eigenvalue weighted by Crippen LogP contribution is -2.60. The van der Waals surface area contributed by atoms with E-state index in [1.54, 1.807) is 4.90 Å². The van der Waals surface area contributed by atoms with Crippen LogP contribution in [0.15, 0.2) is 0 Å². The van der Waals surface area contributed by atoms with Crippen LogP contribution in [-0.2, 0) is 18.9 Å². The SMILES string of the molecule is CC(C)[C@@H](OC(=O)N1CCC1)[C@H]1C[C@@H](C)[C@H]2[C@H](O1)[C@H](O)[C@@]1(C)[C@@H]3CC[C@H]4C(C)(C)C(O[C@H]5CN(CCN(C)C)CCO5)CC[C@@]45C[C@@]35CC[C@]21C. The maximum Gasteiger partial charge on any atom is 0.410 e. The van der Waals surface area contributed by atoms with Gasteiger partial charge in [-0.1, -0.05) is 48.5 Å². The molecular weight excluding hydrogens is 642 g/mol. The van der Waals surface area contributed by atoms with Crippen LogP contribution in [0, 0.1) is 56.7 Å². The molecule has 0 aromatic carbocycles. The molecule has 14 atom stereocenters. The lowest BCUT2D eigenvalue weighted by Gasteiger charge is -2.64. The Hall–Kier alpha value is -0.970. The largest absolute Gasteiger partial charge is 0.443 e. The number of carbonyl (C=O) groups excluding carboxylic acids is 1. The second-order valence-corrected chi connectivity index (χ2v) is 20.5. The first-order valence-corrected chi connectivity index (χ1v) is 21.0. The zero-order valence-corrected chi connectivity index (χ0v) is 33.5. The molecule has 1 unspecified atom stereocenters.